The first kappa shape index (κ1) is 15.1. The van der Waals surface area contributed by atoms with Crippen molar-refractivity contribution in [2.75, 3.05) is 5.73 Å². The molecule has 3 nitrogen and oxygen atoms in total. The van der Waals surface area contributed by atoms with E-state index in [1.807, 2.05) is 19.9 Å². The summed E-state index contributed by atoms with van der Waals surface area (Å²) in [7, 11) is 0. The second kappa shape index (κ2) is 6.44. The van der Waals surface area contributed by atoms with Crippen molar-refractivity contribution in [1.29, 1.82) is 0 Å². The predicted molar refractivity (Wildman–Crippen MR) is 87.3 cm³/mol. The van der Waals surface area contributed by atoms with Crippen LogP contribution in [0.1, 0.15) is 46.9 Å². The minimum atomic E-state index is -0.0785. The number of rotatable bonds is 4. The van der Waals surface area contributed by atoms with Gasteiger partial charge in [0.05, 0.1) is 6.04 Å². The summed E-state index contributed by atoms with van der Waals surface area (Å²) in [6.45, 7) is 6.02. The highest BCUT2D eigenvalue weighted by Crippen LogP contribution is 2.16. The lowest BCUT2D eigenvalue weighted by Gasteiger charge is -2.15. The average molecular weight is 282 g/mol. The van der Waals surface area contributed by atoms with Crippen molar-refractivity contribution in [2.45, 2.75) is 33.2 Å². The zero-order chi connectivity index (χ0) is 15.4. The summed E-state index contributed by atoms with van der Waals surface area (Å²) in [5.74, 6) is -0.0785. The molecule has 110 valence electrons. The maximum absolute atomic E-state index is 12.3. The summed E-state index contributed by atoms with van der Waals surface area (Å²) in [5, 5.41) is 3.02. The van der Waals surface area contributed by atoms with Gasteiger partial charge in [0.15, 0.2) is 0 Å². The molecule has 0 heterocycles. The molecule has 0 aliphatic rings. The first-order valence-corrected chi connectivity index (χ1v) is 7.27. The van der Waals surface area contributed by atoms with E-state index < -0.39 is 0 Å². The largest absolute Gasteiger partial charge is 0.399 e. The second-order valence-electron chi connectivity index (χ2n) is 5.36. The third-order valence-electron chi connectivity index (χ3n) is 3.77. The lowest BCUT2D eigenvalue weighted by molar-refractivity contribution is 0.0940. The van der Waals surface area contributed by atoms with Crippen LogP contribution in [0.25, 0.3) is 0 Å². The highest BCUT2D eigenvalue weighted by Gasteiger charge is 2.12. The summed E-state index contributed by atoms with van der Waals surface area (Å²) < 4.78 is 0. The molecule has 0 bridgehead atoms. The van der Waals surface area contributed by atoms with Crippen molar-refractivity contribution in [3.63, 3.8) is 0 Å². The third kappa shape index (κ3) is 3.63. The van der Waals surface area contributed by atoms with Gasteiger partial charge in [0.2, 0.25) is 0 Å². The van der Waals surface area contributed by atoms with Crippen LogP contribution in [0.4, 0.5) is 5.69 Å². The van der Waals surface area contributed by atoms with E-state index in [0.29, 0.717) is 11.3 Å². The van der Waals surface area contributed by atoms with Gasteiger partial charge >= 0.3 is 0 Å². The highest BCUT2D eigenvalue weighted by molar-refractivity contribution is 5.95. The first-order valence-electron chi connectivity index (χ1n) is 7.27. The number of amides is 1. The molecular formula is C18H22N2O. The van der Waals surface area contributed by atoms with Crippen molar-refractivity contribution in [2.24, 2.45) is 0 Å². The fraction of sp³-hybridized carbons (Fsp3) is 0.278. The van der Waals surface area contributed by atoms with E-state index in [0.717, 1.165) is 17.5 Å². The minimum Gasteiger partial charge on any atom is -0.399 e. The van der Waals surface area contributed by atoms with E-state index in [9.17, 15) is 4.79 Å². The number of nitrogen functional groups attached to an aromatic ring is 1. The Bertz CT molecular complexity index is 632. The van der Waals surface area contributed by atoms with Crippen molar-refractivity contribution >= 4 is 11.6 Å². The second-order valence-corrected chi connectivity index (χ2v) is 5.36. The SMILES string of the molecule is CCc1ccc(C(C)NC(=O)c2ccc(N)c(C)c2)cc1. The van der Waals surface area contributed by atoms with Crippen LogP contribution in [-0.4, -0.2) is 5.91 Å². The Morgan fingerprint density at radius 2 is 1.86 bits per heavy atom. The van der Waals surface area contributed by atoms with Gasteiger partial charge in [0.1, 0.15) is 0 Å². The molecule has 3 heteroatoms. The summed E-state index contributed by atoms with van der Waals surface area (Å²) >= 11 is 0. The maximum Gasteiger partial charge on any atom is 0.251 e. The van der Waals surface area contributed by atoms with E-state index in [-0.39, 0.29) is 11.9 Å². The molecule has 0 saturated carbocycles. The molecule has 0 aromatic heterocycles. The van der Waals surface area contributed by atoms with Crippen molar-refractivity contribution in [1.82, 2.24) is 5.32 Å². The molecule has 2 aromatic carbocycles. The smallest absolute Gasteiger partial charge is 0.251 e. The number of aryl methyl sites for hydroxylation is 2. The number of benzene rings is 2. The minimum absolute atomic E-state index is 0.0266. The van der Waals surface area contributed by atoms with E-state index in [4.69, 9.17) is 5.73 Å². The van der Waals surface area contributed by atoms with Crippen LogP contribution in [-0.2, 0) is 6.42 Å². The van der Waals surface area contributed by atoms with Crippen LogP contribution in [0.15, 0.2) is 42.5 Å². The van der Waals surface area contributed by atoms with Crippen LogP contribution < -0.4 is 11.1 Å². The summed E-state index contributed by atoms with van der Waals surface area (Å²) in [4.78, 5) is 12.3. The Balaban J connectivity index is 2.08. The van der Waals surface area contributed by atoms with Crippen LogP contribution in [0, 0.1) is 6.92 Å². The van der Waals surface area contributed by atoms with Crippen LogP contribution >= 0.6 is 0 Å². The number of nitrogens with one attached hydrogen (secondary N) is 1. The highest BCUT2D eigenvalue weighted by atomic mass is 16.1. The molecule has 0 saturated heterocycles. The molecule has 1 atom stereocenters. The van der Waals surface area contributed by atoms with E-state index >= 15 is 0 Å². The normalized spacial score (nSPS) is 12.0. The molecule has 1 amide bonds. The van der Waals surface area contributed by atoms with Crippen LogP contribution in [0.5, 0.6) is 0 Å². The van der Waals surface area contributed by atoms with E-state index in [1.165, 1.54) is 5.56 Å². The van der Waals surface area contributed by atoms with Gasteiger partial charge in [0.25, 0.3) is 5.91 Å². The molecule has 1 unspecified atom stereocenters. The van der Waals surface area contributed by atoms with Crippen molar-refractivity contribution in [3.8, 4) is 0 Å². The van der Waals surface area contributed by atoms with E-state index in [1.54, 1.807) is 12.1 Å². The monoisotopic (exact) mass is 282 g/mol. The Morgan fingerprint density at radius 1 is 1.19 bits per heavy atom. The lowest BCUT2D eigenvalue weighted by atomic mass is 10.0. The molecule has 2 aromatic rings. The predicted octanol–water partition coefficient (Wildman–Crippen LogP) is 3.63. The van der Waals surface area contributed by atoms with Gasteiger partial charge < -0.3 is 11.1 Å². The standard InChI is InChI=1S/C18H22N2O/c1-4-14-5-7-15(8-6-14)13(3)20-18(21)16-9-10-17(19)12(2)11-16/h5-11,13H,4,19H2,1-3H3,(H,20,21). The fourth-order valence-corrected chi connectivity index (χ4v) is 2.22. The number of hydrogen-bond donors (Lipinski definition) is 2. The number of nitrogens with two attached hydrogens (primary N) is 1. The molecule has 21 heavy (non-hydrogen) atoms. The van der Waals surface area contributed by atoms with Crippen LogP contribution in [0.2, 0.25) is 0 Å². The van der Waals surface area contributed by atoms with Gasteiger partial charge in [-0.05, 0) is 55.2 Å². The zero-order valence-corrected chi connectivity index (χ0v) is 12.8. The van der Waals surface area contributed by atoms with Crippen molar-refractivity contribution < 1.29 is 4.79 Å². The molecule has 0 aliphatic carbocycles. The number of anilines is 1. The maximum atomic E-state index is 12.3. The fourth-order valence-electron chi connectivity index (χ4n) is 2.22. The molecule has 0 aliphatic heterocycles. The first-order chi connectivity index (χ1) is 10.0. The molecular weight excluding hydrogens is 260 g/mol. The average Bonchev–Trinajstić information content (AvgIpc) is 2.50. The number of hydrogen-bond acceptors (Lipinski definition) is 2. The Labute approximate surface area is 126 Å². The third-order valence-corrected chi connectivity index (χ3v) is 3.77. The Kier molecular flexibility index (Phi) is 4.63. The van der Waals surface area contributed by atoms with Gasteiger partial charge in [-0.15, -0.1) is 0 Å². The molecule has 3 N–H and O–H groups in total. The quantitative estimate of drug-likeness (QED) is 0.841. The molecule has 0 spiro atoms. The Hall–Kier alpha value is -2.29. The van der Waals surface area contributed by atoms with E-state index in [2.05, 4.69) is 36.5 Å². The van der Waals surface area contributed by atoms with Gasteiger partial charge in [-0.1, -0.05) is 31.2 Å². The Morgan fingerprint density at radius 3 is 2.43 bits per heavy atom. The van der Waals surface area contributed by atoms with Gasteiger partial charge in [0, 0.05) is 11.3 Å². The summed E-state index contributed by atoms with van der Waals surface area (Å²) in [6, 6.07) is 13.7. The summed E-state index contributed by atoms with van der Waals surface area (Å²) in [6.07, 6.45) is 1.02. The summed E-state index contributed by atoms with van der Waals surface area (Å²) in [5.41, 5.74) is 10.4. The van der Waals surface area contributed by atoms with Gasteiger partial charge in [-0.2, -0.15) is 0 Å². The van der Waals surface area contributed by atoms with Crippen molar-refractivity contribution in [3.05, 3.63) is 64.7 Å². The number of carbonyl (C=O) groups excluding carboxylic acids is 1. The molecule has 0 radical (unpaired) electrons. The van der Waals surface area contributed by atoms with Gasteiger partial charge in [-0.3, -0.25) is 4.79 Å². The zero-order valence-electron chi connectivity index (χ0n) is 12.8. The topological polar surface area (TPSA) is 55.1 Å². The lowest BCUT2D eigenvalue weighted by Crippen LogP contribution is -2.26. The van der Waals surface area contributed by atoms with Crippen LogP contribution in [0.3, 0.4) is 0 Å². The van der Waals surface area contributed by atoms with Gasteiger partial charge in [-0.25, -0.2) is 0 Å². The molecule has 0 fully saturated rings. The number of carbonyl (C=O) groups is 1. The molecule has 2 rings (SSSR count).